The zero-order chi connectivity index (χ0) is 20.6. The van der Waals surface area contributed by atoms with Crippen LogP contribution < -0.4 is 15.8 Å². The van der Waals surface area contributed by atoms with Crippen LogP contribution in [-0.2, 0) is 21.3 Å². The van der Waals surface area contributed by atoms with Crippen molar-refractivity contribution in [2.75, 3.05) is 18.5 Å². The Morgan fingerprint density at radius 2 is 2.24 bits per heavy atom. The predicted molar refractivity (Wildman–Crippen MR) is 107 cm³/mol. The number of anilines is 1. The second-order valence-corrected chi connectivity index (χ2v) is 8.47. The van der Waals surface area contributed by atoms with E-state index in [-0.39, 0.29) is 23.8 Å². The van der Waals surface area contributed by atoms with Gasteiger partial charge < -0.3 is 15.8 Å². The fraction of sp³-hybridized carbons (Fsp3) is 0.278. The summed E-state index contributed by atoms with van der Waals surface area (Å²) in [7, 11) is -1.55. The average Bonchev–Trinajstić information content (AvgIpc) is 2.69. The summed E-state index contributed by atoms with van der Waals surface area (Å²) >= 11 is 5.79. The molecule has 0 bridgehead atoms. The van der Waals surface area contributed by atoms with Crippen LogP contribution in [0, 0.1) is 5.82 Å². The highest BCUT2D eigenvalue weighted by Gasteiger charge is 2.50. The van der Waals surface area contributed by atoms with Crippen molar-refractivity contribution in [1.82, 2.24) is 9.71 Å². The summed E-state index contributed by atoms with van der Waals surface area (Å²) < 4.78 is 35.6. The van der Waals surface area contributed by atoms with Crippen LogP contribution in [0.5, 0.6) is 0 Å². The molecule has 2 aromatic rings. The van der Waals surface area contributed by atoms with Crippen molar-refractivity contribution in [2.45, 2.75) is 17.2 Å². The van der Waals surface area contributed by atoms with Gasteiger partial charge in [0.05, 0.1) is 16.9 Å². The van der Waals surface area contributed by atoms with Crippen LogP contribution in [0.15, 0.2) is 41.5 Å². The third kappa shape index (κ3) is 3.70. The predicted octanol–water partition coefficient (Wildman–Crippen LogP) is 1.69. The Labute approximate surface area is 173 Å². The quantitative estimate of drug-likeness (QED) is 0.675. The molecule has 1 fully saturated rings. The molecule has 1 amide bonds. The minimum Gasteiger partial charge on any atom is -0.378 e. The number of rotatable bonds is 3. The topological polar surface area (TPSA) is 119 Å². The van der Waals surface area contributed by atoms with E-state index in [2.05, 4.69) is 20.0 Å². The van der Waals surface area contributed by atoms with Gasteiger partial charge >= 0.3 is 0 Å². The molecule has 3 heterocycles. The van der Waals surface area contributed by atoms with Crippen molar-refractivity contribution >= 4 is 40.1 Å². The number of pyridine rings is 1. The molecule has 152 valence electrons. The first-order valence-electron chi connectivity index (χ1n) is 8.72. The van der Waals surface area contributed by atoms with Gasteiger partial charge in [0.1, 0.15) is 28.0 Å². The van der Waals surface area contributed by atoms with E-state index in [0.29, 0.717) is 23.7 Å². The van der Waals surface area contributed by atoms with Crippen molar-refractivity contribution in [3.63, 3.8) is 0 Å². The molecule has 1 aromatic heterocycles. The number of nitrogens with two attached hydrogens (primary N) is 1. The number of halogens is 2. The highest BCUT2D eigenvalue weighted by Crippen LogP contribution is 2.41. The Morgan fingerprint density at radius 3 is 3.00 bits per heavy atom. The maximum absolute atomic E-state index is 14.9. The largest absolute Gasteiger partial charge is 0.378 e. The first-order valence-corrected chi connectivity index (χ1v) is 10.3. The molecule has 4 rings (SSSR count). The lowest BCUT2D eigenvalue weighted by Gasteiger charge is -2.43. The molecule has 0 spiro atoms. The lowest BCUT2D eigenvalue weighted by Crippen LogP contribution is -2.58. The van der Waals surface area contributed by atoms with Gasteiger partial charge in [0, 0.05) is 24.1 Å². The van der Waals surface area contributed by atoms with Crippen molar-refractivity contribution in [1.29, 1.82) is 0 Å². The smallest absolute Gasteiger partial charge is 0.274 e. The summed E-state index contributed by atoms with van der Waals surface area (Å²) in [6, 6.07) is 7.13. The second kappa shape index (κ2) is 7.69. The number of nitrogens with zero attached hydrogens (tertiary/aromatic N) is 2. The van der Waals surface area contributed by atoms with Crippen LogP contribution in [0.3, 0.4) is 0 Å². The maximum Gasteiger partial charge on any atom is 0.274 e. The summed E-state index contributed by atoms with van der Waals surface area (Å²) in [5, 5.41) is 2.55. The normalized spacial score (nSPS) is 26.1. The number of amides is 1. The molecule has 3 unspecified atom stereocenters. The van der Waals surface area contributed by atoms with Gasteiger partial charge in [0.25, 0.3) is 5.91 Å². The van der Waals surface area contributed by atoms with E-state index in [1.165, 1.54) is 30.5 Å². The third-order valence-corrected chi connectivity index (χ3v) is 6.59. The molecular weight excluding hydrogens is 421 g/mol. The number of hydrogen-bond donors (Lipinski definition) is 3. The summed E-state index contributed by atoms with van der Waals surface area (Å²) in [5.74, 6) is -1.09. The number of fused-ring (bicyclic) bond motifs is 1. The lowest BCUT2D eigenvalue weighted by atomic mass is 9.84. The molecule has 29 heavy (non-hydrogen) atoms. The fourth-order valence-electron chi connectivity index (χ4n) is 3.50. The number of benzene rings is 1. The van der Waals surface area contributed by atoms with Crippen LogP contribution in [0.1, 0.15) is 22.5 Å². The Hall–Kier alpha value is -2.56. The fourth-order valence-corrected chi connectivity index (χ4v) is 4.92. The van der Waals surface area contributed by atoms with Crippen molar-refractivity contribution in [3.8, 4) is 0 Å². The average molecular weight is 438 g/mol. The van der Waals surface area contributed by atoms with Gasteiger partial charge in [-0.25, -0.2) is 18.6 Å². The van der Waals surface area contributed by atoms with Gasteiger partial charge in [0.2, 0.25) is 5.96 Å². The van der Waals surface area contributed by atoms with E-state index in [4.69, 9.17) is 22.1 Å². The highest BCUT2D eigenvalue weighted by atomic mass is 35.5. The zero-order valence-electron chi connectivity index (χ0n) is 15.0. The van der Waals surface area contributed by atoms with Gasteiger partial charge in [-0.2, -0.15) is 0 Å². The first kappa shape index (κ1) is 19.7. The highest BCUT2D eigenvalue weighted by molar-refractivity contribution is 7.84. The van der Waals surface area contributed by atoms with Gasteiger partial charge in [0.15, 0.2) is 0 Å². The minimum absolute atomic E-state index is 0.0266. The minimum atomic E-state index is -1.55. The molecule has 3 atom stereocenters. The van der Waals surface area contributed by atoms with Gasteiger partial charge in [-0.1, -0.05) is 11.6 Å². The Kier molecular flexibility index (Phi) is 5.24. The number of guanidine groups is 1. The Balaban J connectivity index is 1.71. The molecule has 8 nitrogen and oxygen atoms in total. The molecule has 0 aliphatic carbocycles. The zero-order valence-corrected chi connectivity index (χ0v) is 16.6. The van der Waals surface area contributed by atoms with Crippen molar-refractivity contribution in [2.24, 2.45) is 10.7 Å². The Morgan fingerprint density at radius 1 is 1.41 bits per heavy atom. The van der Waals surface area contributed by atoms with Gasteiger partial charge in [-0.3, -0.25) is 9.52 Å². The molecule has 2 aliphatic heterocycles. The number of ether oxygens (including phenoxy) is 1. The summed E-state index contributed by atoms with van der Waals surface area (Å²) in [6.45, 7) is 0.411. The van der Waals surface area contributed by atoms with Crippen LogP contribution in [0.2, 0.25) is 5.02 Å². The lowest BCUT2D eigenvalue weighted by molar-refractivity contribution is 0.0388. The van der Waals surface area contributed by atoms with Crippen LogP contribution in [0.4, 0.5) is 10.1 Å². The number of carbonyl (C=O) groups excluding carboxylic acids is 1. The number of aliphatic imine (C=N–C) groups is 1. The number of aromatic nitrogens is 1. The summed E-state index contributed by atoms with van der Waals surface area (Å²) in [4.78, 5) is 20.8. The maximum atomic E-state index is 14.9. The molecule has 0 saturated carbocycles. The molecule has 2 aliphatic rings. The monoisotopic (exact) mass is 437 g/mol. The first-order chi connectivity index (χ1) is 13.9. The van der Waals surface area contributed by atoms with E-state index >= 15 is 0 Å². The van der Waals surface area contributed by atoms with E-state index < -0.39 is 33.5 Å². The van der Waals surface area contributed by atoms with Crippen molar-refractivity contribution in [3.05, 3.63) is 58.6 Å². The van der Waals surface area contributed by atoms with E-state index in [1.54, 1.807) is 6.07 Å². The van der Waals surface area contributed by atoms with E-state index in [9.17, 15) is 13.4 Å². The number of carbonyl (C=O) groups is 1. The third-order valence-electron chi connectivity index (χ3n) is 4.81. The molecule has 4 N–H and O–H groups in total. The molecule has 0 radical (unpaired) electrons. The van der Waals surface area contributed by atoms with E-state index in [1.807, 2.05) is 0 Å². The molecule has 1 saturated heterocycles. The number of nitrogens with one attached hydrogen (secondary N) is 2. The molecular formula is C18H17ClFN5O3S. The second-order valence-electron chi connectivity index (χ2n) is 6.66. The Bertz CT molecular complexity index is 1020. The van der Waals surface area contributed by atoms with Crippen molar-refractivity contribution < 1.29 is 18.1 Å². The van der Waals surface area contributed by atoms with Crippen LogP contribution in [-0.4, -0.2) is 39.5 Å². The van der Waals surface area contributed by atoms with Crippen LogP contribution >= 0.6 is 11.6 Å². The van der Waals surface area contributed by atoms with Gasteiger partial charge in [-0.05, 0) is 36.8 Å². The summed E-state index contributed by atoms with van der Waals surface area (Å²) in [5.41, 5.74) is 5.19. The van der Waals surface area contributed by atoms with E-state index in [0.717, 1.165) is 0 Å². The standard InChI is InChI=1S/C18H17ClFN5O3S/c19-10-1-4-14(22-8-10)16(26)23-11-2-3-13(20)12(7-11)18-9-28-6-5-15(18)29(27)25-17(21)24-18/h1-4,7-8,15H,5-6,9H2,(H,23,26)(H3,21,24,25). The molecule has 1 aromatic carbocycles. The SMILES string of the molecule is NC1=NC2(c3cc(NC(=O)c4ccc(Cl)cn4)ccc3F)COCCC2S(=O)N1. The summed E-state index contributed by atoms with van der Waals surface area (Å²) in [6.07, 6.45) is 1.78. The number of hydrogen-bond acceptors (Lipinski definition) is 6. The van der Waals surface area contributed by atoms with Gasteiger partial charge in [-0.15, -0.1) is 0 Å². The molecule has 11 heteroatoms. The van der Waals surface area contributed by atoms with Crippen LogP contribution in [0.25, 0.3) is 0 Å².